The molecule has 10 unspecified atom stereocenters. The van der Waals surface area contributed by atoms with Crippen LogP contribution in [0.25, 0.3) is 0 Å². The van der Waals surface area contributed by atoms with Crippen LogP contribution in [-0.2, 0) is 14.2 Å². The Labute approximate surface area is 199 Å². The van der Waals surface area contributed by atoms with Crippen LogP contribution in [0.2, 0.25) is 0 Å². The molecule has 3 rings (SSSR count). The van der Waals surface area contributed by atoms with E-state index in [1.54, 1.807) is 14.0 Å². The Bertz CT molecular complexity index is 674. The van der Waals surface area contributed by atoms with Gasteiger partial charge in [0.1, 0.15) is 36.6 Å². The highest BCUT2D eigenvalue weighted by Crippen LogP contribution is 2.34. The van der Waals surface area contributed by atoms with Gasteiger partial charge in [-0.3, -0.25) is 0 Å². The Balaban J connectivity index is 1.73. The summed E-state index contributed by atoms with van der Waals surface area (Å²) in [6, 6.07) is -3.20. The highest BCUT2D eigenvalue weighted by molar-refractivity contribution is 5.04. The molecule has 0 spiro atoms. The Hall–Kier alpha value is -0.520. The average molecular weight is 495 g/mol. The molecule has 3 fully saturated rings. The number of hydrogen-bond donors (Lipinski definition) is 10. The molecular formula is C21H42N4O9. The first-order valence-electron chi connectivity index (χ1n) is 11.8. The van der Waals surface area contributed by atoms with E-state index in [2.05, 4.69) is 5.32 Å². The number of aliphatic hydroxyl groups excluding tert-OH is 5. The first kappa shape index (κ1) is 28.1. The topological polar surface area (TPSA) is 239 Å². The number of nitrogens with two attached hydrogens (primary N) is 3. The van der Waals surface area contributed by atoms with Gasteiger partial charge in [-0.25, -0.2) is 0 Å². The largest absolute Gasteiger partial charge is 0.391 e. The van der Waals surface area contributed by atoms with E-state index in [1.165, 1.54) is 6.92 Å². The van der Waals surface area contributed by atoms with Crippen LogP contribution in [0.3, 0.4) is 0 Å². The van der Waals surface area contributed by atoms with Crippen LogP contribution >= 0.6 is 0 Å². The van der Waals surface area contributed by atoms with Crippen molar-refractivity contribution in [1.82, 2.24) is 5.32 Å². The van der Waals surface area contributed by atoms with Crippen LogP contribution in [0.5, 0.6) is 0 Å². The third kappa shape index (κ3) is 5.42. The smallest absolute Gasteiger partial charge is 0.176 e. The van der Waals surface area contributed by atoms with E-state index in [-0.39, 0.29) is 6.42 Å². The molecule has 1 saturated heterocycles. The van der Waals surface area contributed by atoms with E-state index in [0.717, 1.165) is 0 Å². The number of hydrogen-bond acceptors (Lipinski definition) is 13. The van der Waals surface area contributed by atoms with Crippen LogP contribution in [0.1, 0.15) is 33.1 Å². The summed E-state index contributed by atoms with van der Waals surface area (Å²) in [5, 5.41) is 65.7. The zero-order chi connectivity index (χ0) is 25.5. The second-order valence-corrected chi connectivity index (χ2v) is 10.2. The van der Waals surface area contributed by atoms with Crippen LogP contribution in [-0.4, -0.2) is 129 Å². The normalized spacial score (nSPS) is 53.5. The second-order valence-electron chi connectivity index (χ2n) is 10.2. The zero-order valence-corrected chi connectivity index (χ0v) is 19.8. The van der Waals surface area contributed by atoms with Crippen LogP contribution < -0.4 is 22.5 Å². The van der Waals surface area contributed by atoms with Crippen LogP contribution in [0.4, 0.5) is 0 Å². The van der Waals surface area contributed by atoms with Crippen molar-refractivity contribution < 1.29 is 44.8 Å². The van der Waals surface area contributed by atoms with Gasteiger partial charge in [0.25, 0.3) is 0 Å². The van der Waals surface area contributed by atoms with Gasteiger partial charge < -0.3 is 67.4 Å². The van der Waals surface area contributed by atoms with Gasteiger partial charge in [0.05, 0.1) is 36.0 Å². The first-order valence-corrected chi connectivity index (χ1v) is 11.8. The van der Waals surface area contributed by atoms with E-state index >= 15 is 0 Å². The first-order chi connectivity index (χ1) is 15.8. The Kier molecular flexibility index (Phi) is 8.95. The summed E-state index contributed by atoms with van der Waals surface area (Å²) in [5.74, 6) is 0. The average Bonchev–Trinajstić information content (AvgIpc) is 2.75. The van der Waals surface area contributed by atoms with Crippen molar-refractivity contribution in [2.75, 3.05) is 7.05 Å². The minimum atomic E-state index is -1.44. The number of aliphatic hydroxyl groups is 6. The standard InChI is InChI=1S/C21H42N4O9/c1-7(26)16-14(29)13(28)11(24)20(33-16)34-18-9(23)6-8(22)17(15(18)30)32-10-4-5-21(2,31)19(25-3)12(10)27/h7-20,25-31H,4-6,22-24H2,1-3H3/t7?,8-,9?,10?,11?,12+,13?,14+,15?,16?,17?,18-,19?,20-,21?/m1/s1. The van der Waals surface area contributed by atoms with Gasteiger partial charge >= 0.3 is 0 Å². The molecule has 13 nitrogen and oxygen atoms in total. The Morgan fingerprint density at radius 2 is 1.56 bits per heavy atom. The van der Waals surface area contributed by atoms with Gasteiger partial charge in [0.2, 0.25) is 0 Å². The molecule has 15 atom stereocenters. The molecule has 13 N–H and O–H groups in total. The highest BCUT2D eigenvalue weighted by Gasteiger charge is 2.51. The van der Waals surface area contributed by atoms with Crippen molar-refractivity contribution in [3.63, 3.8) is 0 Å². The molecule has 2 saturated carbocycles. The zero-order valence-electron chi connectivity index (χ0n) is 19.8. The predicted octanol–water partition coefficient (Wildman–Crippen LogP) is -4.81. The van der Waals surface area contributed by atoms with Crippen molar-refractivity contribution in [2.45, 2.75) is 124 Å². The van der Waals surface area contributed by atoms with Crippen LogP contribution in [0.15, 0.2) is 0 Å². The van der Waals surface area contributed by atoms with E-state index < -0.39 is 91.0 Å². The quantitative estimate of drug-likeness (QED) is 0.167. The van der Waals surface area contributed by atoms with Gasteiger partial charge in [0, 0.05) is 12.1 Å². The molecule has 0 aromatic carbocycles. The third-order valence-corrected chi connectivity index (χ3v) is 7.48. The molecule has 0 aromatic rings. The third-order valence-electron chi connectivity index (χ3n) is 7.48. The lowest BCUT2D eigenvalue weighted by Gasteiger charge is -2.49. The summed E-state index contributed by atoms with van der Waals surface area (Å²) in [4.78, 5) is 0. The van der Waals surface area contributed by atoms with E-state index in [9.17, 15) is 30.6 Å². The summed E-state index contributed by atoms with van der Waals surface area (Å²) in [5.41, 5.74) is 17.3. The van der Waals surface area contributed by atoms with E-state index in [0.29, 0.717) is 12.8 Å². The minimum absolute atomic E-state index is 0.218. The molecule has 3 aliphatic rings. The molecule has 1 aliphatic heterocycles. The molecule has 0 bridgehead atoms. The maximum Gasteiger partial charge on any atom is 0.176 e. The Morgan fingerprint density at radius 1 is 0.971 bits per heavy atom. The lowest BCUT2D eigenvalue weighted by molar-refractivity contribution is -0.304. The molecule has 0 amide bonds. The van der Waals surface area contributed by atoms with Crippen molar-refractivity contribution in [3.8, 4) is 0 Å². The second kappa shape index (κ2) is 10.8. The molecular weight excluding hydrogens is 452 g/mol. The van der Waals surface area contributed by atoms with E-state index in [1.807, 2.05) is 0 Å². The fourth-order valence-corrected chi connectivity index (χ4v) is 5.40. The predicted molar refractivity (Wildman–Crippen MR) is 119 cm³/mol. The molecule has 34 heavy (non-hydrogen) atoms. The van der Waals surface area contributed by atoms with Crippen LogP contribution in [0, 0.1) is 0 Å². The monoisotopic (exact) mass is 494 g/mol. The summed E-state index contributed by atoms with van der Waals surface area (Å²) in [7, 11) is 1.63. The molecule has 1 heterocycles. The van der Waals surface area contributed by atoms with Gasteiger partial charge in [-0.1, -0.05) is 0 Å². The molecule has 0 radical (unpaired) electrons. The SMILES string of the molecule is CNC1[C@@H](O)C(OC2C(O)[C@H](O[C@H]3OC(C(C)O)[C@@H](O)C(O)C3N)C(N)C[C@H]2N)CCC1(C)O. The summed E-state index contributed by atoms with van der Waals surface area (Å²) < 4.78 is 17.6. The summed E-state index contributed by atoms with van der Waals surface area (Å²) >= 11 is 0. The summed E-state index contributed by atoms with van der Waals surface area (Å²) in [6.45, 7) is 3.03. The molecule has 2 aliphatic carbocycles. The number of nitrogens with one attached hydrogen (secondary N) is 1. The van der Waals surface area contributed by atoms with Crippen molar-refractivity contribution in [3.05, 3.63) is 0 Å². The van der Waals surface area contributed by atoms with Gasteiger partial charge in [-0.2, -0.15) is 0 Å². The lowest BCUT2D eigenvalue weighted by atomic mass is 9.77. The molecule has 200 valence electrons. The number of rotatable bonds is 6. The number of likely N-dealkylation sites (N-methyl/N-ethyl adjacent to an activating group) is 1. The van der Waals surface area contributed by atoms with Crippen molar-refractivity contribution >= 4 is 0 Å². The fourth-order valence-electron chi connectivity index (χ4n) is 5.40. The minimum Gasteiger partial charge on any atom is -0.391 e. The lowest BCUT2D eigenvalue weighted by Crippen LogP contribution is -2.69. The summed E-state index contributed by atoms with van der Waals surface area (Å²) in [6.07, 6.45) is -10.6. The maximum absolute atomic E-state index is 11.1. The number of ether oxygens (including phenoxy) is 3. The molecule has 13 heteroatoms. The van der Waals surface area contributed by atoms with Gasteiger partial charge in [-0.05, 0) is 40.2 Å². The fraction of sp³-hybridized carbons (Fsp3) is 1.00. The van der Waals surface area contributed by atoms with E-state index in [4.69, 9.17) is 31.4 Å². The van der Waals surface area contributed by atoms with Crippen molar-refractivity contribution in [1.29, 1.82) is 0 Å². The van der Waals surface area contributed by atoms with Gasteiger partial charge in [0.15, 0.2) is 6.29 Å². The Morgan fingerprint density at radius 3 is 2.12 bits per heavy atom. The highest BCUT2D eigenvalue weighted by atomic mass is 16.7. The van der Waals surface area contributed by atoms with Gasteiger partial charge in [-0.15, -0.1) is 0 Å². The molecule has 0 aromatic heterocycles. The van der Waals surface area contributed by atoms with Crippen molar-refractivity contribution in [2.24, 2.45) is 17.2 Å². The maximum atomic E-state index is 11.1.